The van der Waals surface area contributed by atoms with Gasteiger partial charge in [-0.3, -0.25) is 4.98 Å². The minimum Gasteiger partial charge on any atom is -0.481 e. The van der Waals surface area contributed by atoms with E-state index in [0.717, 1.165) is 16.5 Å². The molecule has 5 heteroatoms. The number of rotatable bonds is 4. The highest BCUT2D eigenvalue weighted by Crippen LogP contribution is 2.24. The Bertz CT molecular complexity index is 972. The number of hydrogen-bond acceptors (Lipinski definition) is 5. The molecule has 5 nitrogen and oxygen atoms in total. The average molecular weight is 317 g/mol. The molecule has 2 aromatic heterocycles. The van der Waals surface area contributed by atoms with Crippen molar-refractivity contribution in [3.63, 3.8) is 0 Å². The Balaban J connectivity index is 1.53. The Morgan fingerprint density at radius 3 is 2.71 bits per heavy atom. The molecule has 0 fully saturated rings. The van der Waals surface area contributed by atoms with Crippen molar-refractivity contribution in [3.05, 3.63) is 72.2 Å². The summed E-state index contributed by atoms with van der Waals surface area (Å²) in [6, 6.07) is 17.7. The van der Waals surface area contributed by atoms with Crippen LogP contribution in [0.2, 0.25) is 0 Å². The maximum atomic E-state index is 5.81. The number of benzene rings is 2. The molecule has 0 aliphatic heterocycles. The zero-order valence-electron chi connectivity index (χ0n) is 13.1. The molecule has 0 unspecified atom stereocenters. The van der Waals surface area contributed by atoms with Gasteiger partial charge >= 0.3 is 0 Å². The fourth-order valence-corrected chi connectivity index (χ4v) is 2.47. The molecule has 0 radical (unpaired) electrons. The highest BCUT2D eigenvalue weighted by molar-refractivity contribution is 5.84. The van der Waals surface area contributed by atoms with Gasteiger partial charge in [-0.1, -0.05) is 53.2 Å². The maximum Gasteiger partial charge on any atom is 0.264 e. The first-order valence-corrected chi connectivity index (χ1v) is 7.66. The van der Waals surface area contributed by atoms with Gasteiger partial charge in [-0.25, -0.2) is 0 Å². The molecular weight excluding hydrogens is 302 g/mol. The standard InChI is InChI=1S/C19H15N3O2/c1-13-7-9-15(10-8-13)19-21-17(24-22-19)12-23-16-6-2-4-14-5-3-11-20-18(14)16/h2-11H,12H2,1H3. The van der Waals surface area contributed by atoms with Crippen molar-refractivity contribution >= 4 is 10.9 Å². The molecule has 0 saturated heterocycles. The topological polar surface area (TPSA) is 61.0 Å². The molecule has 24 heavy (non-hydrogen) atoms. The quantitative estimate of drug-likeness (QED) is 0.565. The molecule has 4 aromatic rings. The number of aryl methyl sites for hydroxylation is 1. The molecule has 0 N–H and O–H groups in total. The van der Waals surface area contributed by atoms with E-state index in [1.807, 2.05) is 61.5 Å². The lowest BCUT2D eigenvalue weighted by Crippen LogP contribution is -1.97. The average Bonchev–Trinajstić information content (AvgIpc) is 3.09. The summed E-state index contributed by atoms with van der Waals surface area (Å²) in [5.74, 6) is 1.69. The third-order valence-electron chi connectivity index (χ3n) is 3.72. The summed E-state index contributed by atoms with van der Waals surface area (Å²) >= 11 is 0. The smallest absolute Gasteiger partial charge is 0.264 e. The highest BCUT2D eigenvalue weighted by Gasteiger charge is 2.10. The van der Waals surface area contributed by atoms with E-state index < -0.39 is 0 Å². The van der Waals surface area contributed by atoms with Crippen LogP contribution in [0.25, 0.3) is 22.3 Å². The normalized spacial score (nSPS) is 10.9. The van der Waals surface area contributed by atoms with E-state index in [0.29, 0.717) is 17.5 Å². The van der Waals surface area contributed by atoms with Gasteiger partial charge < -0.3 is 9.26 Å². The van der Waals surface area contributed by atoms with Crippen molar-refractivity contribution in [2.24, 2.45) is 0 Å². The van der Waals surface area contributed by atoms with Crippen molar-refractivity contribution in [1.29, 1.82) is 0 Å². The van der Waals surface area contributed by atoms with Gasteiger partial charge in [-0.05, 0) is 19.1 Å². The summed E-state index contributed by atoms with van der Waals surface area (Å²) in [4.78, 5) is 8.74. The van der Waals surface area contributed by atoms with Gasteiger partial charge in [0.1, 0.15) is 11.3 Å². The van der Waals surface area contributed by atoms with Crippen LogP contribution in [0, 0.1) is 6.92 Å². The first kappa shape index (κ1) is 14.4. The molecule has 2 aromatic carbocycles. The van der Waals surface area contributed by atoms with Crippen LogP contribution < -0.4 is 4.74 Å². The molecule has 0 amide bonds. The van der Waals surface area contributed by atoms with Gasteiger partial charge in [0.05, 0.1) is 0 Å². The third-order valence-corrected chi connectivity index (χ3v) is 3.72. The summed E-state index contributed by atoms with van der Waals surface area (Å²) in [5, 5.41) is 5.04. The molecule has 4 rings (SSSR count). The summed E-state index contributed by atoms with van der Waals surface area (Å²) in [6.45, 7) is 2.24. The zero-order chi connectivity index (χ0) is 16.4. The van der Waals surface area contributed by atoms with Crippen LogP contribution >= 0.6 is 0 Å². The van der Waals surface area contributed by atoms with Gasteiger partial charge in [-0.15, -0.1) is 0 Å². The maximum absolute atomic E-state index is 5.81. The largest absolute Gasteiger partial charge is 0.481 e. The highest BCUT2D eigenvalue weighted by atomic mass is 16.5. The number of para-hydroxylation sites is 1. The zero-order valence-corrected chi connectivity index (χ0v) is 13.1. The van der Waals surface area contributed by atoms with Gasteiger partial charge in [0.2, 0.25) is 5.82 Å². The van der Waals surface area contributed by atoms with E-state index in [2.05, 4.69) is 15.1 Å². The summed E-state index contributed by atoms with van der Waals surface area (Å²) < 4.78 is 11.1. The number of hydrogen-bond donors (Lipinski definition) is 0. The van der Waals surface area contributed by atoms with Crippen molar-refractivity contribution in [2.45, 2.75) is 13.5 Å². The Kier molecular flexibility index (Phi) is 3.67. The Morgan fingerprint density at radius 2 is 1.83 bits per heavy atom. The molecular formula is C19H15N3O2. The van der Waals surface area contributed by atoms with Crippen LogP contribution in [0.15, 0.2) is 65.3 Å². The second-order valence-corrected chi connectivity index (χ2v) is 5.50. The molecule has 0 bridgehead atoms. The third kappa shape index (κ3) is 2.84. The Hall–Kier alpha value is -3.21. The molecule has 0 aliphatic rings. The fourth-order valence-electron chi connectivity index (χ4n) is 2.47. The van der Waals surface area contributed by atoms with Crippen molar-refractivity contribution in [1.82, 2.24) is 15.1 Å². The van der Waals surface area contributed by atoms with Gasteiger partial charge in [-0.2, -0.15) is 4.98 Å². The summed E-state index contributed by atoms with van der Waals surface area (Å²) in [7, 11) is 0. The lowest BCUT2D eigenvalue weighted by Gasteiger charge is -2.05. The molecule has 0 atom stereocenters. The molecule has 2 heterocycles. The van der Waals surface area contributed by atoms with Crippen molar-refractivity contribution in [2.75, 3.05) is 0 Å². The van der Waals surface area contributed by atoms with Crippen LogP contribution in [0.4, 0.5) is 0 Å². The number of aromatic nitrogens is 3. The van der Waals surface area contributed by atoms with E-state index >= 15 is 0 Å². The monoisotopic (exact) mass is 317 g/mol. The van der Waals surface area contributed by atoms with Crippen LogP contribution in [-0.2, 0) is 6.61 Å². The van der Waals surface area contributed by atoms with E-state index in [9.17, 15) is 0 Å². The lowest BCUT2D eigenvalue weighted by atomic mass is 10.1. The minimum absolute atomic E-state index is 0.203. The number of ether oxygens (including phenoxy) is 1. The molecule has 0 saturated carbocycles. The van der Waals surface area contributed by atoms with Crippen LogP contribution in [0.5, 0.6) is 5.75 Å². The second kappa shape index (κ2) is 6.12. The van der Waals surface area contributed by atoms with Gasteiger partial charge in [0.15, 0.2) is 6.61 Å². The van der Waals surface area contributed by atoms with E-state index in [1.54, 1.807) is 6.20 Å². The number of pyridine rings is 1. The Morgan fingerprint density at radius 1 is 1.00 bits per heavy atom. The van der Waals surface area contributed by atoms with Crippen LogP contribution in [0.3, 0.4) is 0 Å². The van der Waals surface area contributed by atoms with Crippen molar-refractivity contribution in [3.8, 4) is 17.1 Å². The summed E-state index contributed by atoms with van der Waals surface area (Å²) in [6.07, 6.45) is 1.75. The lowest BCUT2D eigenvalue weighted by molar-refractivity contribution is 0.245. The predicted octanol–water partition coefficient (Wildman–Crippen LogP) is 4.17. The van der Waals surface area contributed by atoms with Gasteiger partial charge in [0, 0.05) is 17.1 Å². The van der Waals surface area contributed by atoms with E-state index in [4.69, 9.17) is 9.26 Å². The number of nitrogens with zero attached hydrogens (tertiary/aromatic N) is 3. The minimum atomic E-state index is 0.203. The first-order valence-electron chi connectivity index (χ1n) is 7.66. The van der Waals surface area contributed by atoms with Crippen LogP contribution in [-0.4, -0.2) is 15.1 Å². The molecule has 0 aliphatic carbocycles. The van der Waals surface area contributed by atoms with Crippen molar-refractivity contribution < 1.29 is 9.26 Å². The molecule has 118 valence electrons. The van der Waals surface area contributed by atoms with Gasteiger partial charge in [0.25, 0.3) is 5.89 Å². The SMILES string of the molecule is Cc1ccc(-c2noc(COc3cccc4cccnc34)n2)cc1. The molecule has 0 spiro atoms. The second-order valence-electron chi connectivity index (χ2n) is 5.50. The first-order chi connectivity index (χ1) is 11.8. The number of fused-ring (bicyclic) bond motifs is 1. The van der Waals surface area contributed by atoms with E-state index in [1.165, 1.54) is 5.56 Å². The summed E-state index contributed by atoms with van der Waals surface area (Å²) in [5.41, 5.74) is 2.93. The van der Waals surface area contributed by atoms with Crippen LogP contribution in [0.1, 0.15) is 11.5 Å². The predicted molar refractivity (Wildman–Crippen MR) is 90.5 cm³/mol. The van der Waals surface area contributed by atoms with E-state index in [-0.39, 0.29) is 6.61 Å². The Labute approximate surface area is 138 Å². The fraction of sp³-hybridized carbons (Fsp3) is 0.105.